The molecule has 1 N–H and O–H groups in total. The molecule has 0 amide bonds. The summed E-state index contributed by atoms with van der Waals surface area (Å²) in [5, 5.41) is 1.18. The molecule has 1 saturated heterocycles. The largest absolute Gasteiger partial charge is 0.496 e. The van der Waals surface area contributed by atoms with E-state index in [1.165, 1.54) is 5.39 Å². The summed E-state index contributed by atoms with van der Waals surface area (Å²) in [5.74, 6) is 0.892. The van der Waals surface area contributed by atoms with Gasteiger partial charge >= 0.3 is 0 Å². The van der Waals surface area contributed by atoms with Crippen molar-refractivity contribution in [2.75, 3.05) is 33.3 Å². The second kappa shape index (κ2) is 7.07. The van der Waals surface area contributed by atoms with Crippen molar-refractivity contribution >= 4 is 10.9 Å². The quantitative estimate of drug-likeness (QED) is 0.909. The monoisotopic (exact) mass is 337 g/mol. The number of H-pyrrole nitrogens is 1. The fourth-order valence-electron chi connectivity index (χ4n) is 3.49. The van der Waals surface area contributed by atoms with Crippen LogP contribution in [0.3, 0.4) is 0 Å². The van der Waals surface area contributed by atoms with Crippen LogP contribution in [0.1, 0.15) is 18.1 Å². The van der Waals surface area contributed by atoms with E-state index in [1.807, 2.05) is 11.1 Å². The lowest BCUT2D eigenvalue weighted by atomic mass is 10.0. The van der Waals surface area contributed by atoms with Crippen LogP contribution in [0.4, 0.5) is 8.78 Å². The van der Waals surface area contributed by atoms with Crippen molar-refractivity contribution in [1.82, 2.24) is 14.8 Å². The molecule has 0 aliphatic carbocycles. The van der Waals surface area contributed by atoms with Crippen molar-refractivity contribution in [3.8, 4) is 5.75 Å². The van der Waals surface area contributed by atoms with Gasteiger partial charge in [-0.2, -0.15) is 0 Å². The molecule has 1 aromatic heterocycles. The minimum absolute atomic E-state index is 0.669. The second-order valence-electron chi connectivity index (χ2n) is 6.53. The van der Waals surface area contributed by atoms with Crippen LogP contribution in [0.2, 0.25) is 0 Å². The highest BCUT2D eigenvalue weighted by atomic mass is 19.3. The Bertz CT molecular complexity index is 693. The maximum absolute atomic E-state index is 12.9. The first kappa shape index (κ1) is 17.2. The van der Waals surface area contributed by atoms with Crippen LogP contribution >= 0.6 is 0 Å². The number of fused-ring (bicyclic) bond motifs is 1. The van der Waals surface area contributed by atoms with E-state index in [2.05, 4.69) is 28.9 Å². The summed E-state index contributed by atoms with van der Waals surface area (Å²) in [4.78, 5) is 7.47. The predicted octanol–water partition coefficient (Wildman–Crippen LogP) is 3.26. The van der Waals surface area contributed by atoms with Gasteiger partial charge in [0.05, 0.1) is 13.2 Å². The Balaban J connectivity index is 1.75. The van der Waals surface area contributed by atoms with Crippen molar-refractivity contribution < 1.29 is 13.5 Å². The molecule has 0 bridgehead atoms. The smallest absolute Gasteiger partial charge is 0.253 e. The maximum atomic E-state index is 12.9. The average Bonchev–Trinajstić information content (AvgIpc) is 3.07. The van der Waals surface area contributed by atoms with Crippen LogP contribution in [0, 0.1) is 6.92 Å². The summed E-state index contributed by atoms with van der Waals surface area (Å²) in [6, 6.07) is 3.47. The Morgan fingerprint density at radius 1 is 1.25 bits per heavy atom. The zero-order valence-electron chi connectivity index (χ0n) is 14.5. The minimum Gasteiger partial charge on any atom is -0.496 e. The van der Waals surface area contributed by atoms with Crippen molar-refractivity contribution in [3.63, 3.8) is 0 Å². The number of rotatable bonds is 5. The average molecular weight is 337 g/mol. The molecule has 0 saturated carbocycles. The molecule has 2 heterocycles. The topological polar surface area (TPSA) is 31.5 Å². The van der Waals surface area contributed by atoms with Gasteiger partial charge in [-0.3, -0.25) is 9.80 Å². The molecule has 1 aromatic carbocycles. The number of ether oxygens (including phenoxy) is 1. The molecule has 1 unspecified atom stereocenters. The number of methoxy groups -OCH3 is 1. The molecule has 0 spiro atoms. The highest BCUT2D eigenvalue weighted by Gasteiger charge is 2.27. The van der Waals surface area contributed by atoms with Crippen molar-refractivity contribution in [3.05, 3.63) is 29.5 Å². The number of aromatic amines is 1. The minimum atomic E-state index is -2.28. The predicted molar refractivity (Wildman–Crippen MR) is 91.9 cm³/mol. The van der Waals surface area contributed by atoms with Crippen LogP contribution in [0.5, 0.6) is 5.75 Å². The fourth-order valence-corrected chi connectivity index (χ4v) is 3.49. The van der Waals surface area contributed by atoms with Crippen molar-refractivity contribution in [1.29, 1.82) is 0 Å². The van der Waals surface area contributed by atoms with Gasteiger partial charge in [-0.15, -0.1) is 0 Å². The Hall–Kier alpha value is -1.66. The number of hydrogen-bond donors (Lipinski definition) is 1. The van der Waals surface area contributed by atoms with Gasteiger partial charge in [0.25, 0.3) is 6.43 Å². The fraction of sp³-hybridized carbons (Fsp3) is 0.556. The molecule has 24 heavy (non-hydrogen) atoms. The van der Waals surface area contributed by atoms with E-state index in [0.29, 0.717) is 13.1 Å². The molecule has 1 aliphatic rings. The molecule has 3 rings (SSSR count). The van der Waals surface area contributed by atoms with E-state index >= 15 is 0 Å². The SMILES string of the molecule is COc1cc(C)c2[nH]ccc2c1CN1CCN(C(C)C(F)F)CC1. The number of piperazine rings is 1. The third-order valence-corrected chi connectivity index (χ3v) is 5.06. The van der Waals surface area contributed by atoms with E-state index in [9.17, 15) is 8.78 Å². The van der Waals surface area contributed by atoms with Crippen LogP contribution in [0.15, 0.2) is 18.3 Å². The normalized spacial score (nSPS) is 18.4. The highest BCUT2D eigenvalue weighted by molar-refractivity contribution is 5.88. The molecular formula is C18H25F2N3O. The summed E-state index contributed by atoms with van der Waals surface area (Å²) < 4.78 is 31.3. The van der Waals surface area contributed by atoms with Gasteiger partial charge in [-0.1, -0.05) is 0 Å². The number of nitrogens with zero attached hydrogens (tertiary/aromatic N) is 2. The second-order valence-corrected chi connectivity index (χ2v) is 6.53. The number of nitrogens with one attached hydrogen (secondary N) is 1. The number of alkyl halides is 2. The number of aromatic nitrogens is 1. The highest BCUT2D eigenvalue weighted by Crippen LogP contribution is 2.31. The Labute approximate surface area is 141 Å². The first-order valence-corrected chi connectivity index (χ1v) is 8.39. The maximum Gasteiger partial charge on any atom is 0.253 e. The van der Waals surface area contributed by atoms with Gasteiger partial charge in [-0.05, 0) is 31.5 Å². The summed E-state index contributed by atoms with van der Waals surface area (Å²) in [6.07, 6.45) is -0.337. The van der Waals surface area contributed by atoms with Crippen LogP contribution in [0.25, 0.3) is 10.9 Å². The third kappa shape index (κ3) is 3.26. The molecular weight excluding hydrogens is 312 g/mol. The zero-order chi connectivity index (χ0) is 17.3. The molecule has 1 atom stereocenters. The lowest BCUT2D eigenvalue weighted by molar-refractivity contribution is 0.00752. The molecule has 4 nitrogen and oxygen atoms in total. The Morgan fingerprint density at radius 2 is 1.96 bits per heavy atom. The molecule has 0 radical (unpaired) electrons. The van der Waals surface area contributed by atoms with E-state index in [0.717, 1.165) is 42.0 Å². The van der Waals surface area contributed by atoms with Crippen LogP contribution in [-0.4, -0.2) is 60.5 Å². The summed E-state index contributed by atoms with van der Waals surface area (Å²) >= 11 is 0. The number of aryl methyl sites for hydroxylation is 1. The van der Waals surface area contributed by atoms with Gasteiger partial charge in [0.15, 0.2) is 0 Å². The third-order valence-electron chi connectivity index (χ3n) is 5.06. The van der Waals surface area contributed by atoms with Gasteiger partial charge in [0.1, 0.15) is 5.75 Å². The van der Waals surface area contributed by atoms with E-state index < -0.39 is 12.5 Å². The lowest BCUT2D eigenvalue weighted by Gasteiger charge is -2.38. The number of halogens is 2. The first-order valence-electron chi connectivity index (χ1n) is 8.39. The standard InChI is InChI=1S/C18H25F2N3O/c1-12-10-16(24-3)15(14-4-5-21-17(12)14)11-22-6-8-23(9-7-22)13(2)18(19)20/h4-5,10,13,18,21H,6-9,11H2,1-3H3. The molecule has 6 heteroatoms. The lowest BCUT2D eigenvalue weighted by Crippen LogP contribution is -2.51. The number of hydrogen-bond acceptors (Lipinski definition) is 3. The van der Waals surface area contributed by atoms with Crippen LogP contribution in [-0.2, 0) is 6.54 Å². The van der Waals surface area contributed by atoms with Crippen molar-refractivity contribution in [2.45, 2.75) is 32.9 Å². The molecule has 132 valence electrons. The summed E-state index contributed by atoms with van der Waals surface area (Å²) in [7, 11) is 1.69. The first-order chi connectivity index (χ1) is 11.5. The van der Waals surface area contributed by atoms with Crippen LogP contribution < -0.4 is 4.74 Å². The Kier molecular flexibility index (Phi) is 5.06. The van der Waals surface area contributed by atoms with Gasteiger partial charge in [-0.25, -0.2) is 8.78 Å². The van der Waals surface area contributed by atoms with E-state index in [4.69, 9.17) is 4.74 Å². The summed E-state index contributed by atoms with van der Waals surface area (Å²) in [6.45, 7) is 7.38. The van der Waals surface area contributed by atoms with E-state index in [-0.39, 0.29) is 0 Å². The van der Waals surface area contributed by atoms with Gasteiger partial charge in [0.2, 0.25) is 0 Å². The number of benzene rings is 1. The van der Waals surface area contributed by atoms with E-state index in [1.54, 1.807) is 14.0 Å². The summed E-state index contributed by atoms with van der Waals surface area (Å²) in [5.41, 5.74) is 3.46. The van der Waals surface area contributed by atoms with Crippen molar-refractivity contribution in [2.24, 2.45) is 0 Å². The molecule has 1 fully saturated rings. The zero-order valence-corrected chi connectivity index (χ0v) is 14.5. The molecule has 2 aromatic rings. The molecule has 1 aliphatic heterocycles. The van der Waals surface area contributed by atoms with Gasteiger partial charge < -0.3 is 9.72 Å². The van der Waals surface area contributed by atoms with Gasteiger partial charge in [0, 0.05) is 55.4 Å². The Morgan fingerprint density at radius 3 is 2.58 bits per heavy atom.